The lowest BCUT2D eigenvalue weighted by Crippen LogP contribution is -2.51. The zero-order chi connectivity index (χ0) is 18.8. The number of piperazine rings is 1. The van der Waals surface area contributed by atoms with Crippen LogP contribution in [0.2, 0.25) is 0 Å². The molecule has 0 saturated carbocycles. The van der Waals surface area contributed by atoms with Crippen LogP contribution in [0.4, 0.5) is 10.5 Å². The van der Waals surface area contributed by atoms with Crippen molar-refractivity contribution in [3.63, 3.8) is 0 Å². The Morgan fingerprint density at radius 2 is 1.84 bits per heavy atom. The molecule has 1 amide bonds. The van der Waals surface area contributed by atoms with Gasteiger partial charge in [-0.1, -0.05) is 0 Å². The van der Waals surface area contributed by atoms with Gasteiger partial charge in [0.1, 0.15) is 10.5 Å². The van der Waals surface area contributed by atoms with E-state index in [-0.39, 0.29) is 31.1 Å². The molecule has 0 bridgehead atoms. The van der Waals surface area contributed by atoms with Crippen molar-refractivity contribution in [3.8, 4) is 0 Å². The zero-order valence-electron chi connectivity index (χ0n) is 14.7. The maximum Gasteiger partial charge on any atom is 0.410 e. The highest BCUT2D eigenvalue weighted by atomic mass is 79.9. The molecule has 0 aromatic carbocycles. The number of nitrogens with one attached hydrogen (secondary N) is 1. The number of amides is 1. The third-order valence-electron chi connectivity index (χ3n) is 3.62. The number of aromatic nitrogens is 1. The molecule has 140 valence electrons. The fourth-order valence-electron chi connectivity index (χ4n) is 2.43. The van der Waals surface area contributed by atoms with Crippen LogP contribution in [0.25, 0.3) is 0 Å². The molecule has 1 fully saturated rings. The highest BCUT2D eigenvalue weighted by Crippen LogP contribution is 2.30. The van der Waals surface area contributed by atoms with E-state index in [1.807, 2.05) is 0 Å². The second-order valence-corrected chi connectivity index (χ2v) is 9.38. The first-order chi connectivity index (χ1) is 11.6. The molecule has 0 aliphatic carbocycles. The van der Waals surface area contributed by atoms with E-state index in [1.165, 1.54) is 21.6 Å². The number of anilines is 1. The summed E-state index contributed by atoms with van der Waals surface area (Å²) in [5.41, 5.74) is -0.117. The number of nitrogens with zero attached hydrogens (tertiary/aromatic N) is 3. The number of carbonyl (C=O) groups excluding carboxylic acids is 1. The number of hydrogen-bond acceptors (Lipinski definition) is 6. The molecule has 2 heterocycles. The molecule has 1 N–H and O–H groups in total. The van der Waals surface area contributed by atoms with Crippen LogP contribution in [0.15, 0.2) is 21.8 Å². The van der Waals surface area contributed by atoms with Crippen molar-refractivity contribution in [1.82, 2.24) is 14.2 Å². The predicted octanol–water partition coefficient (Wildman–Crippen LogP) is 2.13. The highest BCUT2D eigenvalue weighted by molar-refractivity contribution is 9.10. The van der Waals surface area contributed by atoms with E-state index >= 15 is 0 Å². The standard InChI is InChI=1S/C15H23BrN4O4S/c1-15(2,3)24-14(21)19-5-7-20(8-6-19)25(22,23)12-10-18-9-11(16)13(12)17-4/h9-10H,5-8H2,1-4H3,(H,17,18). The third-order valence-corrected chi connectivity index (χ3v) is 6.13. The minimum Gasteiger partial charge on any atom is -0.444 e. The lowest BCUT2D eigenvalue weighted by Gasteiger charge is -2.35. The molecule has 0 atom stereocenters. The average molecular weight is 435 g/mol. The number of carbonyl (C=O) groups is 1. The molecule has 2 rings (SSSR count). The molecule has 25 heavy (non-hydrogen) atoms. The van der Waals surface area contributed by atoms with Crippen molar-refractivity contribution in [3.05, 3.63) is 16.9 Å². The predicted molar refractivity (Wildman–Crippen MR) is 98.0 cm³/mol. The van der Waals surface area contributed by atoms with Crippen LogP contribution in [0.5, 0.6) is 0 Å². The summed E-state index contributed by atoms with van der Waals surface area (Å²) in [7, 11) is -2.06. The molecule has 1 aliphatic heterocycles. The minimum atomic E-state index is -3.71. The van der Waals surface area contributed by atoms with Gasteiger partial charge in [-0.15, -0.1) is 0 Å². The largest absolute Gasteiger partial charge is 0.444 e. The van der Waals surface area contributed by atoms with Gasteiger partial charge in [-0.25, -0.2) is 13.2 Å². The smallest absolute Gasteiger partial charge is 0.410 e. The van der Waals surface area contributed by atoms with E-state index in [0.29, 0.717) is 10.2 Å². The second-order valence-electron chi connectivity index (χ2n) is 6.62. The van der Waals surface area contributed by atoms with Crippen molar-refractivity contribution in [2.75, 3.05) is 38.5 Å². The SMILES string of the molecule is CNc1c(Br)cncc1S(=O)(=O)N1CCN(C(=O)OC(C)(C)C)CC1. The molecule has 0 radical (unpaired) electrons. The van der Waals surface area contributed by atoms with Gasteiger partial charge in [-0.2, -0.15) is 4.31 Å². The van der Waals surface area contributed by atoms with Crippen LogP contribution in [0, 0.1) is 0 Å². The van der Waals surface area contributed by atoms with Crippen molar-refractivity contribution < 1.29 is 17.9 Å². The van der Waals surface area contributed by atoms with Crippen molar-refractivity contribution in [2.45, 2.75) is 31.3 Å². The lowest BCUT2D eigenvalue weighted by molar-refractivity contribution is 0.0192. The van der Waals surface area contributed by atoms with E-state index in [4.69, 9.17) is 4.74 Å². The summed E-state index contributed by atoms with van der Waals surface area (Å²) in [5, 5.41) is 2.88. The topological polar surface area (TPSA) is 91.8 Å². The highest BCUT2D eigenvalue weighted by Gasteiger charge is 2.33. The number of ether oxygens (including phenoxy) is 1. The quantitative estimate of drug-likeness (QED) is 0.782. The minimum absolute atomic E-state index is 0.107. The maximum absolute atomic E-state index is 12.9. The van der Waals surface area contributed by atoms with Crippen LogP contribution >= 0.6 is 15.9 Å². The van der Waals surface area contributed by atoms with Gasteiger partial charge in [-0.3, -0.25) is 4.98 Å². The lowest BCUT2D eigenvalue weighted by atomic mass is 10.2. The average Bonchev–Trinajstić information content (AvgIpc) is 2.53. The summed E-state index contributed by atoms with van der Waals surface area (Å²) in [4.78, 5) is 17.7. The van der Waals surface area contributed by atoms with Crippen LogP contribution in [0.3, 0.4) is 0 Å². The Kier molecular flexibility index (Phi) is 5.95. The van der Waals surface area contributed by atoms with E-state index in [9.17, 15) is 13.2 Å². The third kappa shape index (κ3) is 4.62. The molecule has 10 heteroatoms. The monoisotopic (exact) mass is 434 g/mol. The van der Waals surface area contributed by atoms with Gasteiger partial charge in [0, 0.05) is 45.6 Å². The van der Waals surface area contributed by atoms with E-state index in [1.54, 1.807) is 27.8 Å². The normalized spacial score (nSPS) is 16.6. The Morgan fingerprint density at radius 1 is 1.24 bits per heavy atom. The Labute approximate surface area is 156 Å². The van der Waals surface area contributed by atoms with Crippen molar-refractivity contribution >= 4 is 37.7 Å². The first-order valence-corrected chi connectivity index (χ1v) is 10.1. The first-order valence-electron chi connectivity index (χ1n) is 7.85. The van der Waals surface area contributed by atoms with Gasteiger partial charge in [0.2, 0.25) is 10.0 Å². The van der Waals surface area contributed by atoms with E-state index in [2.05, 4.69) is 26.2 Å². The number of hydrogen-bond donors (Lipinski definition) is 1. The van der Waals surface area contributed by atoms with Crippen LogP contribution in [-0.4, -0.2) is 67.5 Å². The first kappa shape index (κ1) is 19.9. The summed E-state index contributed by atoms with van der Waals surface area (Å²) >= 11 is 3.30. The van der Waals surface area contributed by atoms with Gasteiger partial charge in [-0.05, 0) is 36.7 Å². The molecule has 8 nitrogen and oxygen atoms in total. The molecular formula is C15H23BrN4O4S. The molecule has 1 aromatic heterocycles. The Morgan fingerprint density at radius 3 is 2.36 bits per heavy atom. The molecule has 1 saturated heterocycles. The Bertz CT molecular complexity index is 740. The van der Waals surface area contributed by atoms with Crippen LogP contribution in [0.1, 0.15) is 20.8 Å². The molecule has 1 aliphatic rings. The van der Waals surface area contributed by atoms with Crippen LogP contribution in [-0.2, 0) is 14.8 Å². The van der Waals surface area contributed by atoms with Crippen LogP contribution < -0.4 is 5.32 Å². The summed E-state index contributed by atoms with van der Waals surface area (Å²) in [5.74, 6) is 0. The van der Waals surface area contributed by atoms with Gasteiger partial charge >= 0.3 is 6.09 Å². The molecule has 1 aromatic rings. The van der Waals surface area contributed by atoms with Crippen molar-refractivity contribution in [1.29, 1.82) is 0 Å². The number of rotatable bonds is 3. The summed E-state index contributed by atoms with van der Waals surface area (Å²) < 4.78 is 33.1. The number of sulfonamides is 1. The fourth-order valence-corrected chi connectivity index (χ4v) is 4.68. The maximum atomic E-state index is 12.9. The van der Waals surface area contributed by atoms with Gasteiger partial charge in [0.15, 0.2) is 0 Å². The second kappa shape index (κ2) is 7.46. The van der Waals surface area contributed by atoms with E-state index < -0.39 is 21.7 Å². The fraction of sp³-hybridized carbons (Fsp3) is 0.600. The molecule has 0 spiro atoms. The summed E-state index contributed by atoms with van der Waals surface area (Å²) in [6.07, 6.45) is 2.43. The van der Waals surface area contributed by atoms with Crippen molar-refractivity contribution in [2.24, 2.45) is 0 Å². The van der Waals surface area contributed by atoms with Gasteiger partial charge in [0.05, 0.1) is 10.2 Å². The summed E-state index contributed by atoms with van der Waals surface area (Å²) in [6.45, 7) is 6.37. The van der Waals surface area contributed by atoms with E-state index in [0.717, 1.165) is 0 Å². The summed E-state index contributed by atoms with van der Waals surface area (Å²) in [6, 6.07) is 0. The van der Waals surface area contributed by atoms with Gasteiger partial charge < -0.3 is 15.0 Å². The number of halogens is 1. The molecule has 0 unspecified atom stereocenters. The molecular weight excluding hydrogens is 412 g/mol. The van der Waals surface area contributed by atoms with Gasteiger partial charge in [0.25, 0.3) is 0 Å². The number of pyridine rings is 1. The Balaban J connectivity index is 2.12. The zero-order valence-corrected chi connectivity index (χ0v) is 17.1. The Hall–Kier alpha value is -1.39.